The van der Waals surface area contributed by atoms with Crippen LogP contribution in [0.3, 0.4) is 0 Å². The molecule has 0 radical (unpaired) electrons. The third-order valence-electron chi connectivity index (χ3n) is 1.87. The van der Waals surface area contributed by atoms with Crippen molar-refractivity contribution in [1.82, 2.24) is 0 Å². The average Bonchev–Trinajstić information content (AvgIpc) is 2.14. The van der Waals surface area contributed by atoms with Crippen LogP contribution in [0.4, 0.5) is 4.39 Å². The molecule has 0 fully saturated rings. The fourth-order valence-corrected chi connectivity index (χ4v) is 1.17. The topological polar surface area (TPSA) is 69.4 Å². The van der Waals surface area contributed by atoms with Crippen molar-refractivity contribution in [1.29, 1.82) is 0 Å². The number of benzene rings is 1. The van der Waals surface area contributed by atoms with E-state index < -0.39 is 23.3 Å². The van der Waals surface area contributed by atoms with Crippen LogP contribution in [0, 0.1) is 5.82 Å². The van der Waals surface area contributed by atoms with E-state index in [1.807, 2.05) is 0 Å². The van der Waals surface area contributed by atoms with Crippen LogP contribution in [0.5, 0.6) is 0 Å². The minimum Gasteiger partial charge on any atom is -0.456 e. The van der Waals surface area contributed by atoms with E-state index in [9.17, 15) is 14.0 Å². The third-order valence-corrected chi connectivity index (χ3v) is 1.87. The van der Waals surface area contributed by atoms with Crippen LogP contribution in [0.15, 0.2) is 18.2 Å². The number of ether oxygens (including phenoxy) is 1. The summed E-state index contributed by atoms with van der Waals surface area (Å²) < 4.78 is 18.5. The molecule has 1 rings (SSSR count). The zero-order valence-corrected chi connectivity index (χ0v) is 9.91. The fourth-order valence-electron chi connectivity index (χ4n) is 1.17. The molecule has 17 heavy (non-hydrogen) atoms. The van der Waals surface area contributed by atoms with E-state index >= 15 is 0 Å². The van der Waals surface area contributed by atoms with Crippen molar-refractivity contribution in [3.8, 4) is 0 Å². The minimum absolute atomic E-state index is 0.00908. The zero-order valence-electron chi connectivity index (χ0n) is 9.91. The van der Waals surface area contributed by atoms with Crippen molar-refractivity contribution >= 4 is 11.9 Å². The van der Waals surface area contributed by atoms with Gasteiger partial charge in [-0.3, -0.25) is 4.79 Å². The number of esters is 1. The molecule has 1 aromatic rings. The molecule has 0 heterocycles. The molecule has 0 aromatic heterocycles. The lowest BCUT2D eigenvalue weighted by Crippen LogP contribution is -2.24. The predicted octanol–water partition coefficient (Wildman–Crippen LogP) is 1.88. The molecule has 0 spiro atoms. The quantitative estimate of drug-likeness (QED) is 0.801. The largest absolute Gasteiger partial charge is 0.456 e. The van der Waals surface area contributed by atoms with Crippen LogP contribution in [0.2, 0.25) is 0 Å². The Bertz CT molecular complexity index is 463. The molecule has 92 valence electrons. The van der Waals surface area contributed by atoms with E-state index in [0.717, 1.165) is 6.07 Å². The van der Waals surface area contributed by atoms with Gasteiger partial charge in [0.1, 0.15) is 11.4 Å². The maximum absolute atomic E-state index is 13.5. The molecule has 0 saturated carbocycles. The Labute approximate surface area is 98.6 Å². The molecule has 0 atom stereocenters. The summed E-state index contributed by atoms with van der Waals surface area (Å²) in [5.41, 5.74) is 4.08. The smallest absolute Gasteiger partial charge is 0.341 e. The highest BCUT2D eigenvalue weighted by Gasteiger charge is 2.21. The van der Waals surface area contributed by atoms with Crippen LogP contribution in [0.25, 0.3) is 0 Å². The molecular weight excluding hydrogens is 225 g/mol. The van der Waals surface area contributed by atoms with Crippen LogP contribution in [0.1, 0.15) is 41.5 Å². The SMILES string of the molecule is CC(C)(C)OC(=O)c1ccc(C(N)=O)cc1F. The van der Waals surface area contributed by atoms with Gasteiger partial charge < -0.3 is 10.5 Å². The van der Waals surface area contributed by atoms with Gasteiger partial charge in [-0.1, -0.05) is 0 Å². The number of carbonyl (C=O) groups is 2. The molecule has 4 nitrogen and oxygen atoms in total. The monoisotopic (exact) mass is 239 g/mol. The number of hydrogen-bond acceptors (Lipinski definition) is 3. The second-order valence-electron chi connectivity index (χ2n) is 4.56. The Balaban J connectivity index is 3.00. The first kappa shape index (κ1) is 13.2. The van der Waals surface area contributed by atoms with Gasteiger partial charge in [0.15, 0.2) is 0 Å². The van der Waals surface area contributed by atoms with Crippen molar-refractivity contribution in [3.05, 3.63) is 35.1 Å². The second-order valence-corrected chi connectivity index (χ2v) is 4.56. The predicted molar refractivity (Wildman–Crippen MR) is 60.1 cm³/mol. The number of primary amides is 1. The van der Waals surface area contributed by atoms with Crippen molar-refractivity contribution < 1.29 is 18.7 Å². The molecule has 0 unspecified atom stereocenters. The Morgan fingerprint density at radius 1 is 1.29 bits per heavy atom. The fraction of sp³-hybridized carbons (Fsp3) is 0.333. The highest BCUT2D eigenvalue weighted by atomic mass is 19.1. The summed E-state index contributed by atoms with van der Waals surface area (Å²) >= 11 is 0. The average molecular weight is 239 g/mol. The molecular formula is C12H14FNO3. The molecule has 0 aliphatic heterocycles. The van der Waals surface area contributed by atoms with Crippen molar-refractivity contribution in [2.75, 3.05) is 0 Å². The first-order valence-corrected chi connectivity index (χ1v) is 5.03. The molecule has 0 saturated heterocycles. The summed E-state index contributed by atoms with van der Waals surface area (Å²) in [6, 6.07) is 3.38. The Hall–Kier alpha value is -1.91. The van der Waals surface area contributed by atoms with Gasteiger partial charge in [-0.2, -0.15) is 0 Å². The highest BCUT2D eigenvalue weighted by Crippen LogP contribution is 2.16. The summed E-state index contributed by atoms with van der Waals surface area (Å²) in [4.78, 5) is 22.4. The van der Waals surface area contributed by atoms with Gasteiger partial charge in [0, 0.05) is 5.56 Å². The van der Waals surface area contributed by atoms with E-state index in [-0.39, 0.29) is 11.1 Å². The third kappa shape index (κ3) is 3.55. The first-order valence-electron chi connectivity index (χ1n) is 5.03. The number of halogens is 1. The summed E-state index contributed by atoms with van der Waals surface area (Å²) in [5, 5.41) is 0. The lowest BCUT2D eigenvalue weighted by Gasteiger charge is -2.19. The van der Waals surface area contributed by atoms with Gasteiger partial charge in [0.05, 0.1) is 5.56 Å². The van der Waals surface area contributed by atoms with E-state index in [1.54, 1.807) is 20.8 Å². The van der Waals surface area contributed by atoms with Crippen LogP contribution in [-0.4, -0.2) is 17.5 Å². The molecule has 1 aromatic carbocycles. The number of rotatable bonds is 2. The summed E-state index contributed by atoms with van der Waals surface area (Å²) in [6.07, 6.45) is 0. The highest BCUT2D eigenvalue weighted by molar-refractivity contribution is 5.95. The molecule has 5 heteroatoms. The maximum Gasteiger partial charge on any atom is 0.341 e. The number of hydrogen-bond donors (Lipinski definition) is 1. The number of amides is 1. The lowest BCUT2D eigenvalue weighted by molar-refractivity contribution is 0.00645. The van der Waals surface area contributed by atoms with E-state index in [4.69, 9.17) is 10.5 Å². The Morgan fingerprint density at radius 3 is 2.29 bits per heavy atom. The van der Waals surface area contributed by atoms with E-state index in [2.05, 4.69) is 0 Å². The number of carbonyl (C=O) groups excluding carboxylic acids is 2. The standard InChI is InChI=1S/C12H14FNO3/c1-12(2,3)17-11(16)8-5-4-7(10(14)15)6-9(8)13/h4-6H,1-3H3,(H2,14,15). The van der Waals surface area contributed by atoms with Gasteiger partial charge in [-0.25, -0.2) is 9.18 Å². The minimum atomic E-state index is -0.824. The van der Waals surface area contributed by atoms with Gasteiger partial charge in [-0.15, -0.1) is 0 Å². The second kappa shape index (κ2) is 4.53. The zero-order chi connectivity index (χ0) is 13.2. The molecule has 2 N–H and O–H groups in total. The van der Waals surface area contributed by atoms with E-state index in [1.165, 1.54) is 12.1 Å². The van der Waals surface area contributed by atoms with Gasteiger partial charge in [0.25, 0.3) is 0 Å². The van der Waals surface area contributed by atoms with Gasteiger partial charge >= 0.3 is 5.97 Å². The van der Waals surface area contributed by atoms with E-state index in [0.29, 0.717) is 0 Å². The first-order chi connectivity index (χ1) is 7.70. The summed E-state index contributed by atoms with van der Waals surface area (Å²) in [6.45, 7) is 5.04. The number of nitrogens with two attached hydrogens (primary N) is 1. The van der Waals surface area contributed by atoms with Gasteiger partial charge in [0.2, 0.25) is 5.91 Å². The van der Waals surface area contributed by atoms with Crippen LogP contribution in [-0.2, 0) is 4.74 Å². The van der Waals surface area contributed by atoms with Crippen molar-refractivity contribution in [2.45, 2.75) is 26.4 Å². The maximum atomic E-state index is 13.5. The van der Waals surface area contributed by atoms with Crippen molar-refractivity contribution in [3.63, 3.8) is 0 Å². The lowest BCUT2D eigenvalue weighted by atomic mass is 10.1. The summed E-state index contributed by atoms with van der Waals surface area (Å²) in [5.74, 6) is -2.35. The Morgan fingerprint density at radius 2 is 1.88 bits per heavy atom. The molecule has 1 amide bonds. The molecule has 0 bridgehead atoms. The van der Waals surface area contributed by atoms with Crippen LogP contribution >= 0.6 is 0 Å². The molecule has 0 aliphatic rings. The van der Waals surface area contributed by atoms with Crippen LogP contribution < -0.4 is 5.73 Å². The molecule has 0 aliphatic carbocycles. The van der Waals surface area contributed by atoms with Crippen molar-refractivity contribution in [2.24, 2.45) is 5.73 Å². The summed E-state index contributed by atoms with van der Waals surface area (Å²) in [7, 11) is 0. The Kier molecular flexibility index (Phi) is 3.50. The normalized spacial score (nSPS) is 11.1. The van der Waals surface area contributed by atoms with Gasteiger partial charge in [-0.05, 0) is 39.0 Å².